The molecule has 0 aromatic carbocycles. The zero-order valence-electron chi connectivity index (χ0n) is 7.46. The molecule has 0 spiro atoms. The average molecular weight is 159 g/mol. The van der Waals surface area contributed by atoms with Crippen molar-refractivity contribution in [1.29, 1.82) is 0 Å². The Morgan fingerprint density at radius 1 is 1.55 bits per heavy atom. The lowest BCUT2D eigenvalue weighted by molar-refractivity contribution is -0.124. The molecular weight excluding hydrogens is 142 g/mol. The number of nitrogens with two attached hydrogens (primary N) is 1. The quantitative estimate of drug-likeness (QED) is 0.648. The van der Waals surface area contributed by atoms with Crippen molar-refractivity contribution in [2.75, 3.05) is 6.61 Å². The fourth-order valence-corrected chi connectivity index (χ4v) is 0.710. The van der Waals surface area contributed by atoms with Crippen molar-refractivity contribution in [1.82, 2.24) is 0 Å². The van der Waals surface area contributed by atoms with Crippen molar-refractivity contribution < 1.29 is 9.53 Å². The molecule has 2 N–H and O–H groups in total. The van der Waals surface area contributed by atoms with Crippen molar-refractivity contribution in [3.8, 4) is 0 Å². The Labute approximate surface area is 67.9 Å². The normalized spacial score (nSPS) is 13.5. The Bertz CT molecular complexity index is 123. The van der Waals surface area contributed by atoms with E-state index in [-0.39, 0.29) is 17.9 Å². The van der Waals surface area contributed by atoms with Crippen LogP contribution in [0.5, 0.6) is 0 Å². The van der Waals surface area contributed by atoms with Gasteiger partial charge in [-0.15, -0.1) is 0 Å². The number of amides is 1. The number of rotatable bonds is 5. The molecule has 66 valence electrons. The van der Waals surface area contributed by atoms with E-state index in [1.54, 1.807) is 0 Å². The minimum atomic E-state index is -0.270. The average Bonchev–Trinajstić information content (AvgIpc) is 1.87. The van der Waals surface area contributed by atoms with E-state index >= 15 is 0 Å². The van der Waals surface area contributed by atoms with Crippen LogP contribution in [0, 0.1) is 5.92 Å². The predicted molar refractivity (Wildman–Crippen MR) is 44.1 cm³/mol. The van der Waals surface area contributed by atoms with Gasteiger partial charge in [-0.2, -0.15) is 0 Å². The molecule has 0 rings (SSSR count). The van der Waals surface area contributed by atoms with E-state index in [1.807, 2.05) is 20.8 Å². The molecular formula is C8H17NO2. The first kappa shape index (κ1) is 10.4. The van der Waals surface area contributed by atoms with Crippen LogP contribution in [0.15, 0.2) is 0 Å². The zero-order chi connectivity index (χ0) is 8.85. The largest absolute Gasteiger partial charge is 0.378 e. The first-order chi connectivity index (χ1) is 5.07. The van der Waals surface area contributed by atoms with Crippen LogP contribution in [0.3, 0.4) is 0 Å². The third kappa shape index (κ3) is 4.79. The van der Waals surface area contributed by atoms with Gasteiger partial charge in [0.2, 0.25) is 5.91 Å². The first-order valence-corrected chi connectivity index (χ1v) is 3.98. The maximum Gasteiger partial charge on any atom is 0.222 e. The molecule has 0 bridgehead atoms. The lowest BCUT2D eigenvalue weighted by Crippen LogP contribution is -2.27. The van der Waals surface area contributed by atoms with Crippen LogP contribution in [0.1, 0.15) is 27.2 Å². The van der Waals surface area contributed by atoms with Crippen LogP contribution in [0.4, 0.5) is 0 Å². The van der Waals surface area contributed by atoms with E-state index in [2.05, 4.69) is 0 Å². The lowest BCUT2D eigenvalue weighted by Gasteiger charge is -2.13. The Morgan fingerprint density at radius 3 is 2.36 bits per heavy atom. The lowest BCUT2D eigenvalue weighted by atomic mass is 10.1. The smallest absolute Gasteiger partial charge is 0.222 e. The Balaban J connectivity index is 3.61. The summed E-state index contributed by atoms with van der Waals surface area (Å²) in [6.07, 6.45) is 0.922. The fourth-order valence-electron chi connectivity index (χ4n) is 0.710. The molecule has 0 aromatic heterocycles. The van der Waals surface area contributed by atoms with Crippen molar-refractivity contribution in [2.45, 2.75) is 33.3 Å². The van der Waals surface area contributed by atoms with Gasteiger partial charge in [0.1, 0.15) is 0 Å². The molecule has 0 saturated heterocycles. The minimum absolute atomic E-state index is 0.127. The second-order valence-electron chi connectivity index (χ2n) is 2.89. The van der Waals surface area contributed by atoms with Crippen LogP contribution in [-0.2, 0) is 9.53 Å². The molecule has 1 unspecified atom stereocenters. The molecule has 1 atom stereocenters. The molecule has 0 radical (unpaired) electrons. The van der Waals surface area contributed by atoms with Crippen LogP contribution in [0.2, 0.25) is 0 Å². The highest BCUT2D eigenvalue weighted by atomic mass is 16.5. The van der Waals surface area contributed by atoms with Crippen LogP contribution in [0.25, 0.3) is 0 Å². The maximum absolute atomic E-state index is 10.7. The van der Waals surface area contributed by atoms with Gasteiger partial charge in [0.05, 0.1) is 18.6 Å². The number of carbonyl (C=O) groups is 1. The van der Waals surface area contributed by atoms with Crippen molar-refractivity contribution >= 4 is 5.91 Å². The highest BCUT2D eigenvalue weighted by Gasteiger charge is 2.12. The number of carbonyl (C=O) groups excluding carboxylic acids is 1. The predicted octanol–water partition coefficient (Wildman–Crippen LogP) is 0.923. The van der Waals surface area contributed by atoms with E-state index in [0.717, 1.165) is 6.42 Å². The molecule has 0 aromatic rings. The second-order valence-corrected chi connectivity index (χ2v) is 2.89. The van der Waals surface area contributed by atoms with Crippen LogP contribution < -0.4 is 5.73 Å². The number of hydrogen-bond acceptors (Lipinski definition) is 2. The maximum atomic E-state index is 10.7. The number of hydrogen-bond donors (Lipinski definition) is 1. The second kappa shape index (κ2) is 5.13. The summed E-state index contributed by atoms with van der Waals surface area (Å²) in [5.74, 6) is -0.398. The molecule has 11 heavy (non-hydrogen) atoms. The fraction of sp³-hybridized carbons (Fsp3) is 0.875. The molecule has 0 aliphatic rings. The van der Waals surface area contributed by atoms with Crippen LogP contribution >= 0.6 is 0 Å². The van der Waals surface area contributed by atoms with Gasteiger partial charge in [-0.3, -0.25) is 4.79 Å². The Kier molecular flexibility index (Phi) is 4.86. The molecule has 0 fully saturated rings. The summed E-state index contributed by atoms with van der Waals surface area (Å²) in [5, 5.41) is 0. The standard InChI is InChI=1S/C8H17NO2/c1-4-7(8(9)10)5-11-6(2)3/h6-7H,4-5H2,1-3H3,(H2,9,10). The Morgan fingerprint density at radius 2 is 2.09 bits per heavy atom. The Hall–Kier alpha value is -0.570. The van der Waals surface area contributed by atoms with Gasteiger partial charge in [-0.25, -0.2) is 0 Å². The van der Waals surface area contributed by atoms with Gasteiger partial charge in [0.15, 0.2) is 0 Å². The van der Waals surface area contributed by atoms with E-state index in [9.17, 15) is 4.79 Å². The summed E-state index contributed by atoms with van der Waals surface area (Å²) >= 11 is 0. The van der Waals surface area contributed by atoms with E-state index in [4.69, 9.17) is 10.5 Å². The highest BCUT2D eigenvalue weighted by molar-refractivity contribution is 5.76. The van der Waals surface area contributed by atoms with Gasteiger partial charge in [-0.05, 0) is 20.3 Å². The summed E-state index contributed by atoms with van der Waals surface area (Å²) in [4.78, 5) is 10.7. The van der Waals surface area contributed by atoms with Crippen LogP contribution in [-0.4, -0.2) is 18.6 Å². The van der Waals surface area contributed by atoms with Gasteiger partial charge in [0, 0.05) is 0 Å². The summed E-state index contributed by atoms with van der Waals surface area (Å²) in [5.41, 5.74) is 5.11. The molecule has 1 amide bonds. The summed E-state index contributed by atoms with van der Waals surface area (Å²) < 4.78 is 5.26. The zero-order valence-corrected chi connectivity index (χ0v) is 7.46. The molecule has 0 aliphatic carbocycles. The summed E-state index contributed by atoms with van der Waals surface area (Å²) in [6.45, 7) is 6.25. The van der Waals surface area contributed by atoms with Gasteiger partial charge >= 0.3 is 0 Å². The topological polar surface area (TPSA) is 52.3 Å². The SMILES string of the molecule is CCC(COC(C)C)C(N)=O. The summed E-state index contributed by atoms with van der Waals surface area (Å²) in [6, 6.07) is 0. The molecule has 0 heterocycles. The highest BCUT2D eigenvalue weighted by Crippen LogP contribution is 2.03. The van der Waals surface area contributed by atoms with E-state index in [0.29, 0.717) is 6.61 Å². The third-order valence-corrected chi connectivity index (χ3v) is 1.53. The van der Waals surface area contributed by atoms with Gasteiger partial charge in [-0.1, -0.05) is 6.92 Å². The van der Waals surface area contributed by atoms with Gasteiger partial charge in [0.25, 0.3) is 0 Å². The third-order valence-electron chi connectivity index (χ3n) is 1.53. The molecule has 3 heteroatoms. The molecule has 0 aliphatic heterocycles. The van der Waals surface area contributed by atoms with E-state index < -0.39 is 0 Å². The van der Waals surface area contributed by atoms with E-state index in [1.165, 1.54) is 0 Å². The molecule has 3 nitrogen and oxygen atoms in total. The first-order valence-electron chi connectivity index (χ1n) is 3.98. The van der Waals surface area contributed by atoms with Crippen molar-refractivity contribution in [3.63, 3.8) is 0 Å². The van der Waals surface area contributed by atoms with Gasteiger partial charge < -0.3 is 10.5 Å². The monoisotopic (exact) mass is 159 g/mol. The minimum Gasteiger partial charge on any atom is -0.378 e. The number of ether oxygens (including phenoxy) is 1. The van der Waals surface area contributed by atoms with Crippen molar-refractivity contribution in [3.05, 3.63) is 0 Å². The number of primary amides is 1. The van der Waals surface area contributed by atoms with Crippen molar-refractivity contribution in [2.24, 2.45) is 11.7 Å². The molecule has 0 saturated carbocycles. The summed E-state index contributed by atoms with van der Waals surface area (Å²) in [7, 11) is 0.